The zero-order valence-corrected chi connectivity index (χ0v) is 17.7. The molecule has 0 radical (unpaired) electrons. The van der Waals surface area contributed by atoms with Crippen LogP contribution in [-0.4, -0.2) is 37.7 Å². The molecule has 4 N–H and O–H groups in total. The van der Waals surface area contributed by atoms with Gasteiger partial charge in [0.1, 0.15) is 22.6 Å². The Kier molecular flexibility index (Phi) is 5.65. The molecule has 1 amide bonds. The summed E-state index contributed by atoms with van der Waals surface area (Å²) in [7, 11) is 0. The monoisotopic (exact) mass is 451 g/mol. The van der Waals surface area contributed by atoms with Crippen molar-refractivity contribution in [2.24, 2.45) is 5.73 Å². The number of nitrogen functional groups attached to an aromatic ring is 1. The van der Waals surface area contributed by atoms with E-state index >= 15 is 0 Å². The number of nitrogens with zero attached hydrogens (tertiary/aromatic N) is 5. The Morgan fingerprint density at radius 3 is 2.47 bits per heavy atom. The summed E-state index contributed by atoms with van der Waals surface area (Å²) < 4.78 is 14.9. The second kappa shape index (κ2) is 8.55. The fraction of sp³-hybridized carbons (Fsp3) is 0.0952. The van der Waals surface area contributed by atoms with Crippen LogP contribution in [0.1, 0.15) is 22.3 Å². The van der Waals surface area contributed by atoms with E-state index in [0.29, 0.717) is 5.69 Å². The molecule has 4 aromatic rings. The van der Waals surface area contributed by atoms with Crippen LogP contribution in [0, 0.1) is 5.82 Å². The van der Waals surface area contributed by atoms with Crippen molar-refractivity contribution in [1.29, 1.82) is 0 Å². The van der Waals surface area contributed by atoms with Gasteiger partial charge in [0.2, 0.25) is 11.7 Å². The molecule has 0 unspecified atom stereocenters. The first-order chi connectivity index (χ1) is 15.3. The number of anilines is 3. The van der Waals surface area contributed by atoms with Gasteiger partial charge in [-0.25, -0.2) is 14.1 Å². The smallest absolute Gasteiger partial charge is 0.240 e. The standard InChI is InChI=1S/C21H18FN7O2S/c1-12(20(24)31)29(15-9-7-13(22)8-10-15)21-25-19(23)18(32-21)17(30)16-11-28(27-26-16)14-5-3-2-4-6-14/h2-12H,23H2,1H3,(H2,24,31)/t12-/m1/s1. The van der Waals surface area contributed by atoms with Crippen LogP contribution in [0.4, 0.5) is 21.0 Å². The zero-order valence-electron chi connectivity index (χ0n) is 16.8. The summed E-state index contributed by atoms with van der Waals surface area (Å²) in [6.45, 7) is 1.58. The number of amides is 1. The van der Waals surface area contributed by atoms with E-state index in [1.54, 1.807) is 6.92 Å². The van der Waals surface area contributed by atoms with Crippen molar-refractivity contribution < 1.29 is 14.0 Å². The number of hydrogen-bond acceptors (Lipinski definition) is 8. The third-order valence-electron chi connectivity index (χ3n) is 4.71. The maximum absolute atomic E-state index is 13.4. The van der Waals surface area contributed by atoms with Crippen molar-refractivity contribution >= 4 is 39.7 Å². The van der Waals surface area contributed by atoms with Crippen LogP contribution < -0.4 is 16.4 Å². The van der Waals surface area contributed by atoms with Crippen molar-refractivity contribution in [2.45, 2.75) is 13.0 Å². The summed E-state index contributed by atoms with van der Waals surface area (Å²) in [5, 5.41) is 8.21. The van der Waals surface area contributed by atoms with Gasteiger partial charge in [0.05, 0.1) is 11.9 Å². The highest BCUT2D eigenvalue weighted by atomic mass is 32.1. The van der Waals surface area contributed by atoms with Crippen molar-refractivity contribution in [3.05, 3.63) is 77.2 Å². The molecule has 2 aromatic heterocycles. The van der Waals surface area contributed by atoms with Gasteiger partial charge in [-0.15, -0.1) is 5.10 Å². The summed E-state index contributed by atoms with van der Waals surface area (Å²) >= 11 is 0.982. The van der Waals surface area contributed by atoms with Gasteiger partial charge in [-0.05, 0) is 43.3 Å². The second-order valence-electron chi connectivity index (χ2n) is 6.85. The van der Waals surface area contributed by atoms with Crippen LogP contribution in [0.25, 0.3) is 5.69 Å². The third kappa shape index (κ3) is 4.05. The molecule has 0 fully saturated rings. The summed E-state index contributed by atoms with van der Waals surface area (Å²) in [5.74, 6) is -1.54. The summed E-state index contributed by atoms with van der Waals surface area (Å²) in [6.07, 6.45) is 1.50. The Hall–Kier alpha value is -4.12. The molecular formula is C21H18FN7O2S. The lowest BCUT2D eigenvalue weighted by Crippen LogP contribution is -2.39. The first-order valence-corrected chi connectivity index (χ1v) is 10.3. The SMILES string of the molecule is C[C@H](C(N)=O)N(c1ccc(F)cc1)c1nc(N)c(C(=O)c2cn(-c3ccccc3)nn2)s1. The van der Waals surface area contributed by atoms with Crippen LogP contribution in [0.5, 0.6) is 0 Å². The number of benzene rings is 2. The van der Waals surface area contributed by atoms with Gasteiger partial charge in [-0.3, -0.25) is 9.59 Å². The summed E-state index contributed by atoms with van der Waals surface area (Å²) in [4.78, 5) is 30.9. The van der Waals surface area contributed by atoms with Crippen molar-refractivity contribution in [3.8, 4) is 5.69 Å². The number of nitrogens with two attached hydrogens (primary N) is 2. The highest BCUT2D eigenvalue weighted by Crippen LogP contribution is 2.35. The fourth-order valence-corrected chi connectivity index (χ4v) is 4.04. The number of aromatic nitrogens is 4. The average Bonchev–Trinajstić information content (AvgIpc) is 3.43. The van der Waals surface area contributed by atoms with Gasteiger partial charge in [-0.2, -0.15) is 0 Å². The highest BCUT2D eigenvalue weighted by molar-refractivity contribution is 7.18. The number of carbonyl (C=O) groups excluding carboxylic acids is 2. The first kappa shape index (κ1) is 21.1. The minimum absolute atomic E-state index is 0.0203. The van der Waals surface area contributed by atoms with Gasteiger partial charge >= 0.3 is 0 Å². The van der Waals surface area contributed by atoms with Crippen LogP contribution in [0.15, 0.2) is 60.8 Å². The number of primary amides is 1. The van der Waals surface area contributed by atoms with Gasteiger partial charge in [0.15, 0.2) is 10.8 Å². The molecule has 32 heavy (non-hydrogen) atoms. The maximum atomic E-state index is 13.4. The number of ketones is 1. The van der Waals surface area contributed by atoms with E-state index in [0.717, 1.165) is 17.0 Å². The number of carbonyl (C=O) groups is 2. The minimum atomic E-state index is -0.826. The Labute approximate surface area is 186 Å². The molecule has 0 saturated carbocycles. The van der Waals surface area contributed by atoms with Crippen LogP contribution in [-0.2, 0) is 4.79 Å². The number of para-hydroxylation sites is 1. The van der Waals surface area contributed by atoms with E-state index in [2.05, 4.69) is 15.3 Å². The molecule has 0 aliphatic heterocycles. The van der Waals surface area contributed by atoms with Crippen molar-refractivity contribution in [3.63, 3.8) is 0 Å². The molecule has 0 aliphatic rings. The van der Waals surface area contributed by atoms with E-state index in [9.17, 15) is 14.0 Å². The Morgan fingerprint density at radius 1 is 1.12 bits per heavy atom. The molecular weight excluding hydrogens is 433 g/mol. The van der Waals surface area contributed by atoms with E-state index in [1.807, 2.05) is 30.3 Å². The van der Waals surface area contributed by atoms with Crippen molar-refractivity contribution in [1.82, 2.24) is 20.0 Å². The molecule has 162 valence electrons. The average molecular weight is 451 g/mol. The van der Waals surface area contributed by atoms with E-state index in [4.69, 9.17) is 11.5 Å². The Morgan fingerprint density at radius 2 is 1.81 bits per heavy atom. The molecule has 4 rings (SSSR count). The number of hydrogen-bond donors (Lipinski definition) is 2. The lowest BCUT2D eigenvalue weighted by molar-refractivity contribution is -0.118. The third-order valence-corrected chi connectivity index (χ3v) is 5.77. The molecule has 9 nitrogen and oxygen atoms in total. The molecule has 2 aromatic carbocycles. The zero-order chi connectivity index (χ0) is 22.8. The molecule has 11 heteroatoms. The Balaban J connectivity index is 1.69. The van der Waals surface area contributed by atoms with Crippen molar-refractivity contribution in [2.75, 3.05) is 10.6 Å². The predicted molar refractivity (Wildman–Crippen MR) is 119 cm³/mol. The number of rotatable bonds is 7. The summed E-state index contributed by atoms with van der Waals surface area (Å²) in [6, 6.07) is 13.9. The van der Waals surface area contributed by atoms with E-state index in [1.165, 1.54) is 40.0 Å². The highest BCUT2D eigenvalue weighted by Gasteiger charge is 2.28. The van der Waals surface area contributed by atoms with Gasteiger partial charge in [0, 0.05) is 5.69 Å². The molecule has 0 aliphatic carbocycles. The minimum Gasteiger partial charge on any atom is -0.382 e. The van der Waals surface area contributed by atoms with Gasteiger partial charge < -0.3 is 16.4 Å². The molecule has 0 bridgehead atoms. The molecule has 0 spiro atoms. The number of thiazole rings is 1. The molecule has 0 saturated heterocycles. The van der Waals surface area contributed by atoms with Gasteiger partial charge in [-0.1, -0.05) is 34.7 Å². The lowest BCUT2D eigenvalue weighted by Gasteiger charge is -2.26. The van der Waals surface area contributed by atoms with Crippen LogP contribution >= 0.6 is 11.3 Å². The topological polar surface area (TPSA) is 133 Å². The van der Waals surface area contributed by atoms with Gasteiger partial charge in [0.25, 0.3) is 0 Å². The van der Waals surface area contributed by atoms with E-state index in [-0.39, 0.29) is 21.5 Å². The second-order valence-corrected chi connectivity index (χ2v) is 7.83. The fourth-order valence-electron chi connectivity index (χ4n) is 3.01. The van der Waals surface area contributed by atoms with E-state index < -0.39 is 23.5 Å². The lowest BCUT2D eigenvalue weighted by atomic mass is 10.2. The first-order valence-electron chi connectivity index (χ1n) is 9.48. The Bertz CT molecular complexity index is 1270. The van der Waals surface area contributed by atoms with Crippen LogP contribution in [0.2, 0.25) is 0 Å². The maximum Gasteiger partial charge on any atom is 0.240 e. The normalized spacial score (nSPS) is 11.8. The number of halogens is 1. The molecule has 2 heterocycles. The van der Waals surface area contributed by atoms with Crippen LogP contribution in [0.3, 0.4) is 0 Å². The largest absolute Gasteiger partial charge is 0.382 e. The quantitative estimate of drug-likeness (QED) is 0.413. The predicted octanol–water partition coefficient (Wildman–Crippen LogP) is 2.69. The molecule has 1 atom stereocenters. The summed E-state index contributed by atoms with van der Waals surface area (Å²) in [5.41, 5.74) is 12.8.